The zero-order chi connectivity index (χ0) is 30.6. The number of piperazine rings is 1. The van der Waals surface area contributed by atoms with Crippen LogP contribution >= 0.6 is 11.6 Å². The number of rotatable bonds is 11. The number of hydrogen-bond donors (Lipinski definition) is 3. The van der Waals surface area contributed by atoms with Crippen molar-refractivity contribution in [2.45, 2.75) is 75.7 Å². The van der Waals surface area contributed by atoms with Crippen LogP contribution in [-0.2, 0) is 26.0 Å². The Kier molecular flexibility index (Phi) is 10.4. The second-order valence-electron chi connectivity index (χ2n) is 11.3. The molecule has 10 nitrogen and oxygen atoms in total. The van der Waals surface area contributed by atoms with Crippen molar-refractivity contribution in [3.05, 3.63) is 58.6 Å². The number of aromatic nitrogens is 1. The SMILES string of the molecule is COC(=O)N[C@H](C(=O)Nc1cncc(F)c1CC[C@H]1CNC[C@@H](C)N1S(=O)(=O)C1CC1)[C@@H](c1ccc(Cl)cc1)C(C)C. The smallest absolute Gasteiger partial charge is 0.407 e. The summed E-state index contributed by atoms with van der Waals surface area (Å²) in [7, 11) is -2.24. The summed E-state index contributed by atoms with van der Waals surface area (Å²) < 4.78 is 48.0. The first-order valence-corrected chi connectivity index (χ1v) is 16.1. The number of amides is 2. The normalized spacial score (nSPS) is 21.0. The molecule has 0 bridgehead atoms. The molecule has 3 N–H and O–H groups in total. The van der Waals surface area contributed by atoms with Gasteiger partial charge in [0.1, 0.15) is 11.9 Å². The molecule has 4 atom stereocenters. The van der Waals surface area contributed by atoms with Gasteiger partial charge in [0.25, 0.3) is 0 Å². The summed E-state index contributed by atoms with van der Waals surface area (Å²) in [4.78, 5) is 30.0. The number of benzene rings is 1. The third-order valence-electron chi connectivity index (χ3n) is 7.92. The minimum Gasteiger partial charge on any atom is -0.453 e. The van der Waals surface area contributed by atoms with Crippen molar-refractivity contribution in [3.8, 4) is 0 Å². The molecule has 13 heteroatoms. The number of methoxy groups -OCH3 is 1. The predicted octanol–water partition coefficient (Wildman–Crippen LogP) is 4.06. The Bertz CT molecular complexity index is 1370. The second kappa shape index (κ2) is 13.7. The zero-order valence-corrected chi connectivity index (χ0v) is 25.8. The Morgan fingerprint density at radius 2 is 1.88 bits per heavy atom. The fraction of sp³-hybridized carbons (Fsp3) is 0.552. The van der Waals surface area contributed by atoms with Gasteiger partial charge in [0, 0.05) is 41.7 Å². The topological polar surface area (TPSA) is 130 Å². The summed E-state index contributed by atoms with van der Waals surface area (Å²) >= 11 is 6.08. The van der Waals surface area contributed by atoms with E-state index < -0.39 is 39.8 Å². The summed E-state index contributed by atoms with van der Waals surface area (Å²) in [6.45, 7) is 6.72. The van der Waals surface area contributed by atoms with E-state index in [0.717, 1.165) is 11.8 Å². The van der Waals surface area contributed by atoms with E-state index in [9.17, 15) is 18.0 Å². The average Bonchev–Trinajstić information content (AvgIpc) is 3.79. The van der Waals surface area contributed by atoms with E-state index in [1.54, 1.807) is 28.6 Å². The predicted molar refractivity (Wildman–Crippen MR) is 159 cm³/mol. The number of sulfonamides is 1. The van der Waals surface area contributed by atoms with Crippen LogP contribution in [0.5, 0.6) is 0 Å². The minimum atomic E-state index is -3.45. The zero-order valence-electron chi connectivity index (χ0n) is 24.3. The van der Waals surface area contributed by atoms with Gasteiger partial charge in [0.05, 0.1) is 30.4 Å². The van der Waals surface area contributed by atoms with Gasteiger partial charge >= 0.3 is 6.09 Å². The van der Waals surface area contributed by atoms with Gasteiger partial charge in [0.15, 0.2) is 0 Å². The van der Waals surface area contributed by atoms with E-state index in [4.69, 9.17) is 16.3 Å². The third kappa shape index (κ3) is 7.39. The highest BCUT2D eigenvalue weighted by atomic mass is 35.5. The van der Waals surface area contributed by atoms with Crippen LogP contribution in [0.1, 0.15) is 57.1 Å². The summed E-state index contributed by atoms with van der Waals surface area (Å²) in [6.07, 6.45) is 3.47. The van der Waals surface area contributed by atoms with Crippen LogP contribution in [0.3, 0.4) is 0 Å². The Balaban J connectivity index is 1.58. The van der Waals surface area contributed by atoms with E-state index in [-0.39, 0.29) is 40.9 Å². The van der Waals surface area contributed by atoms with Gasteiger partial charge in [-0.15, -0.1) is 0 Å². The molecule has 1 saturated carbocycles. The van der Waals surface area contributed by atoms with Crippen molar-refractivity contribution >= 4 is 39.3 Å². The van der Waals surface area contributed by atoms with Crippen LogP contribution in [-0.4, -0.2) is 73.3 Å². The van der Waals surface area contributed by atoms with Gasteiger partial charge in [-0.25, -0.2) is 17.6 Å². The number of carbonyl (C=O) groups excluding carboxylic acids is 2. The highest BCUT2D eigenvalue weighted by Gasteiger charge is 2.45. The monoisotopic (exact) mass is 623 g/mol. The van der Waals surface area contributed by atoms with Gasteiger partial charge in [-0.3, -0.25) is 9.78 Å². The van der Waals surface area contributed by atoms with Gasteiger partial charge in [-0.1, -0.05) is 37.6 Å². The molecule has 4 rings (SSSR count). The number of pyridine rings is 1. The van der Waals surface area contributed by atoms with Crippen molar-refractivity contribution in [2.75, 3.05) is 25.5 Å². The van der Waals surface area contributed by atoms with E-state index in [2.05, 4.69) is 20.9 Å². The molecular formula is C29H39ClFN5O5S. The molecule has 230 valence electrons. The molecule has 1 aromatic carbocycles. The van der Waals surface area contributed by atoms with Crippen molar-refractivity contribution in [2.24, 2.45) is 5.92 Å². The number of nitrogens with one attached hydrogen (secondary N) is 3. The number of halogens is 2. The maximum atomic E-state index is 15.2. The summed E-state index contributed by atoms with van der Waals surface area (Å²) in [5.41, 5.74) is 1.15. The van der Waals surface area contributed by atoms with Crippen LogP contribution in [0.2, 0.25) is 5.02 Å². The molecule has 0 radical (unpaired) electrons. The number of ether oxygens (including phenoxy) is 1. The van der Waals surface area contributed by atoms with Crippen LogP contribution in [0.15, 0.2) is 36.7 Å². The molecule has 2 aromatic rings. The maximum absolute atomic E-state index is 15.2. The van der Waals surface area contributed by atoms with Crippen molar-refractivity contribution in [1.29, 1.82) is 0 Å². The number of anilines is 1. The molecule has 0 spiro atoms. The molecule has 42 heavy (non-hydrogen) atoms. The molecular weight excluding hydrogens is 585 g/mol. The number of alkyl carbamates (subject to hydrolysis) is 1. The minimum absolute atomic E-state index is 0.0932. The summed E-state index contributed by atoms with van der Waals surface area (Å²) in [5.74, 6) is -1.75. The number of carbonyl (C=O) groups is 2. The molecule has 1 aliphatic heterocycles. The van der Waals surface area contributed by atoms with E-state index in [1.807, 2.05) is 20.8 Å². The lowest BCUT2D eigenvalue weighted by atomic mass is 9.82. The first-order chi connectivity index (χ1) is 19.9. The second-order valence-corrected chi connectivity index (χ2v) is 13.9. The van der Waals surface area contributed by atoms with Crippen LogP contribution in [0.4, 0.5) is 14.9 Å². The quantitative estimate of drug-likeness (QED) is 0.344. The molecule has 2 aliphatic rings. The Labute approximate surface area is 251 Å². The molecule has 0 unspecified atom stereocenters. The Morgan fingerprint density at radius 1 is 1.19 bits per heavy atom. The average molecular weight is 624 g/mol. The lowest BCUT2D eigenvalue weighted by Gasteiger charge is -2.40. The van der Waals surface area contributed by atoms with E-state index >= 15 is 4.39 Å². The maximum Gasteiger partial charge on any atom is 0.407 e. The van der Waals surface area contributed by atoms with Crippen molar-refractivity contribution in [1.82, 2.24) is 19.9 Å². The molecule has 1 aliphatic carbocycles. The van der Waals surface area contributed by atoms with Gasteiger partial charge in [-0.05, 0) is 56.2 Å². The molecule has 2 amide bonds. The van der Waals surface area contributed by atoms with Crippen LogP contribution < -0.4 is 16.0 Å². The third-order valence-corrected chi connectivity index (χ3v) is 10.7. The van der Waals surface area contributed by atoms with E-state index in [1.165, 1.54) is 13.3 Å². The first-order valence-electron chi connectivity index (χ1n) is 14.2. The van der Waals surface area contributed by atoms with Crippen LogP contribution in [0, 0.1) is 11.7 Å². The lowest BCUT2D eigenvalue weighted by molar-refractivity contribution is -0.118. The fourth-order valence-electron chi connectivity index (χ4n) is 5.72. The summed E-state index contributed by atoms with van der Waals surface area (Å²) in [5, 5.41) is 8.89. The highest BCUT2D eigenvalue weighted by Crippen LogP contribution is 2.35. The van der Waals surface area contributed by atoms with E-state index in [0.29, 0.717) is 37.4 Å². The molecule has 1 saturated heterocycles. The fourth-order valence-corrected chi connectivity index (χ4v) is 8.09. The molecule has 2 fully saturated rings. The van der Waals surface area contributed by atoms with Gasteiger partial charge in [-0.2, -0.15) is 4.31 Å². The summed E-state index contributed by atoms with van der Waals surface area (Å²) in [6, 6.07) is 5.35. The number of nitrogens with zero attached hydrogens (tertiary/aromatic N) is 2. The first kappa shape index (κ1) is 32.1. The van der Waals surface area contributed by atoms with Crippen LogP contribution in [0.25, 0.3) is 0 Å². The molecule has 1 aromatic heterocycles. The van der Waals surface area contributed by atoms with Crippen molar-refractivity contribution < 1.29 is 27.1 Å². The largest absolute Gasteiger partial charge is 0.453 e. The van der Waals surface area contributed by atoms with Gasteiger partial charge in [0.2, 0.25) is 15.9 Å². The Hall–Kier alpha value is -2.80. The van der Waals surface area contributed by atoms with Crippen molar-refractivity contribution in [3.63, 3.8) is 0 Å². The number of hydrogen-bond acceptors (Lipinski definition) is 7. The Morgan fingerprint density at radius 3 is 2.50 bits per heavy atom. The lowest BCUT2D eigenvalue weighted by Crippen LogP contribution is -2.59. The molecule has 2 heterocycles. The standard InChI is InChI=1S/C29H39ClFN5O5S/c1-17(2)26(19-5-7-20(30)8-6-19)27(35-29(38)41-4)28(37)34-25-16-33-15-24(31)23(25)12-9-21-14-32-13-18(3)36(21)42(39,40)22-10-11-22/h5-8,15-18,21-22,26-27,32H,9-14H2,1-4H3,(H,34,37)(H,35,38)/t18-,21+,26-,27+/m1/s1. The highest BCUT2D eigenvalue weighted by molar-refractivity contribution is 7.90. The van der Waals surface area contributed by atoms with Gasteiger partial charge < -0.3 is 20.7 Å².